The lowest BCUT2D eigenvalue weighted by atomic mass is 9.94. The summed E-state index contributed by atoms with van der Waals surface area (Å²) >= 11 is 0. The van der Waals surface area contributed by atoms with Gasteiger partial charge in [-0.2, -0.15) is 0 Å². The third kappa shape index (κ3) is 4.05. The van der Waals surface area contributed by atoms with Gasteiger partial charge in [0.2, 0.25) is 6.41 Å². The number of aliphatic hydroxyl groups is 3. The van der Waals surface area contributed by atoms with Gasteiger partial charge in [-0.15, -0.1) is 0 Å². The average Bonchev–Trinajstić information content (AvgIpc) is 2.77. The third-order valence-corrected chi connectivity index (χ3v) is 3.47. The number of halogens is 1. The molecule has 23 heavy (non-hydrogen) atoms. The maximum Gasteiger partial charge on any atom is 0.252 e. The molecule has 4 N–H and O–H groups in total. The fourth-order valence-corrected chi connectivity index (χ4v) is 2.19. The van der Waals surface area contributed by atoms with Crippen LogP contribution in [0.2, 0.25) is 0 Å². The quantitative estimate of drug-likeness (QED) is 0.258. The molecule has 1 saturated heterocycles. The highest BCUT2D eigenvalue weighted by atomic mass is 19.1. The smallest absolute Gasteiger partial charge is 0.252 e. The molecule has 3 unspecified atom stereocenters. The van der Waals surface area contributed by atoms with Gasteiger partial charge >= 0.3 is 0 Å². The maximum atomic E-state index is 12.3. The monoisotopic (exact) mass is 330 g/mol. The van der Waals surface area contributed by atoms with Crippen LogP contribution in [0.15, 0.2) is 11.8 Å². The molecule has 8 nitrogen and oxygen atoms in total. The minimum Gasteiger partial charge on any atom is -0.394 e. The van der Waals surface area contributed by atoms with E-state index in [1.165, 1.54) is 18.9 Å². The van der Waals surface area contributed by atoms with Crippen LogP contribution in [0, 0.1) is 11.8 Å². The van der Waals surface area contributed by atoms with Crippen LogP contribution in [0.25, 0.3) is 0 Å². The number of rotatable bonds is 5. The van der Waals surface area contributed by atoms with Gasteiger partial charge in [-0.25, -0.2) is 4.39 Å². The van der Waals surface area contributed by atoms with Crippen molar-refractivity contribution in [2.24, 2.45) is 0 Å². The van der Waals surface area contributed by atoms with Crippen LogP contribution in [0.3, 0.4) is 0 Å². The number of hydrogen-bond acceptors (Lipinski definition) is 7. The van der Waals surface area contributed by atoms with Gasteiger partial charge in [0.15, 0.2) is 11.8 Å². The molecule has 9 heteroatoms. The van der Waals surface area contributed by atoms with Crippen LogP contribution in [-0.4, -0.2) is 76.9 Å². The first-order chi connectivity index (χ1) is 10.8. The van der Waals surface area contributed by atoms with Crippen LogP contribution in [0.5, 0.6) is 0 Å². The molecule has 0 radical (unpaired) electrons. The van der Waals surface area contributed by atoms with Crippen LogP contribution >= 0.6 is 0 Å². The first-order valence-electron chi connectivity index (χ1n) is 6.69. The molecule has 0 saturated carbocycles. The van der Waals surface area contributed by atoms with E-state index in [0.717, 1.165) is 6.08 Å². The highest BCUT2D eigenvalue weighted by molar-refractivity contribution is 5.94. The second-order valence-corrected chi connectivity index (χ2v) is 4.94. The lowest BCUT2D eigenvalue weighted by molar-refractivity contribution is -0.122. The van der Waals surface area contributed by atoms with Crippen LogP contribution < -0.4 is 5.32 Å². The predicted molar refractivity (Wildman–Crippen MR) is 76.2 cm³/mol. The van der Waals surface area contributed by atoms with E-state index in [0.29, 0.717) is 0 Å². The van der Waals surface area contributed by atoms with Gasteiger partial charge in [-0.1, -0.05) is 11.8 Å². The van der Waals surface area contributed by atoms with Crippen LogP contribution in [-0.2, 0) is 14.3 Å². The summed E-state index contributed by atoms with van der Waals surface area (Å²) in [6.07, 6.45) is -2.67. The average molecular weight is 330 g/mol. The summed E-state index contributed by atoms with van der Waals surface area (Å²) in [6.45, 7) is -0.124. The normalized spacial score (nSPS) is 30.3. The second-order valence-electron chi connectivity index (χ2n) is 4.94. The number of alkyl halides is 1. The Kier molecular flexibility index (Phi) is 6.65. The summed E-state index contributed by atoms with van der Waals surface area (Å²) in [6, 6.07) is 0. The molecular formula is C14H19FN2O6. The number of nitrogens with zero attached hydrogens (tertiary/aromatic N) is 1. The fraction of sp³-hybridized carbons (Fsp3) is 0.571. The lowest BCUT2D eigenvalue weighted by Crippen LogP contribution is -2.53. The first-order valence-corrected chi connectivity index (χ1v) is 6.69. The molecule has 4 atom stereocenters. The summed E-state index contributed by atoms with van der Waals surface area (Å²) in [5.41, 5.74) is -1.88. The summed E-state index contributed by atoms with van der Waals surface area (Å²) in [5.74, 6) is 3.54. The maximum absolute atomic E-state index is 12.3. The Morgan fingerprint density at radius 2 is 2.22 bits per heavy atom. The van der Waals surface area contributed by atoms with E-state index in [4.69, 9.17) is 4.74 Å². The Balaban J connectivity index is 3.11. The minimum atomic E-state index is -2.16. The number of allylic oxidation sites excluding steroid dienone is 1. The van der Waals surface area contributed by atoms with Crippen LogP contribution in [0.4, 0.5) is 4.39 Å². The number of carbonyl (C=O) groups is 2. The molecule has 0 spiro atoms. The van der Waals surface area contributed by atoms with Crippen molar-refractivity contribution in [3.63, 3.8) is 0 Å². The zero-order chi connectivity index (χ0) is 17.6. The topological polar surface area (TPSA) is 119 Å². The lowest BCUT2D eigenvalue weighted by Gasteiger charge is -2.34. The molecule has 1 aliphatic rings. The number of hydrogen-bond donors (Lipinski definition) is 4. The molecule has 0 bridgehead atoms. The second kappa shape index (κ2) is 8.03. The number of aliphatic hydroxyl groups excluding tert-OH is 2. The standard InChI is InChI=1S/C14H19FN2O6/c1-9(6-11(20)16-8-19)17(2)13-14(22,4-3-5-15)12(21)10(7-18)23-13/h6,8,10,12-13,18,21-22H,5,7H2,1-2H3,(H,16,19,20)/b9-6-/t10?,12-,13?,14?/m0/s1. The van der Waals surface area contributed by atoms with Crippen molar-refractivity contribution in [1.29, 1.82) is 0 Å². The van der Waals surface area contributed by atoms with Gasteiger partial charge in [-0.3, -0.25) is 14.9 Å². The molecule has 0 aromatic carbocycles. The van der Waals surface area contributed by atoms with E-state index in [2.05, 4.69) is 5.92 Å². The van der Waals surface area contributed by atoms with Gasteiger partial charge in [0.1, 0.15) is 18.9 Å². The van der Waals surface area contributed by atoms with Crippen molar-refractivity contribution in [3.05, 3.63) is 11.8 Å². The Morgan fingerprint density at radius 3 is 2.74 bits per heavy atom. The summed E-state index contributed by atoms with van der Waals surface area (Å²) in [7, 11) is 1.44. The Morgan fingerprint density at radius 1 is 1.57 bits per heavy atom. The van der Waals surface area contributed by atoms with E-state index in [1.54, 1.807) is 0 Å². The third-order valence-electron chi connectivity index (χ3n) is 3.47. The van der Waals surface area contributed by atoms with Gasteiger partial charge < -0.3 is 25.0 Å². The van der Waals surface area contributed by atoms with E-state index >= 15 is 0 Å². The molecule has 1 heterocycles. The van der Waals surface area contributed by atoms with Crippen molar-refractivity contribution in [2.75, 3.05) is 20.3 Å². The number of amides is 2. The zero-order valence-electron chi connectivity index (χ0n) is 12.7. The van der Waals surface area contributed by atoms with Crippen molar-refractivity contribution >= 4 is 12.3 Å². The van der Waals surface area contributed by atoms with Gasteiger partial charge in [0, 0.05) is 18.8 Å². The molecule has 1 fully saturated rings. The van der Waals surface area contributed by atoms with Gasteiger partial charge in [-0.05, 0) is 6.92 Å². The zero-order valence-corrected chi connectivity index (χ0v) is 12.7. The molecule has 2 amide bonds. The SMILES string of the molecule is C/C(=C/C(=O)NC=O)N(C)C1OC(CO)[C@H](O)C1(O)C#CCF. The Labute approximate surface area is 132 Å². The highest BCUT2D eigenvalue weighted by Gasteiger charge is 2.56. The van der Waals surface area contributed by atoms with Crippen molar-refractivity contribution in [3.8, 4) is 11.8 Å². The molecule has 0 aromatic rings. The Bertz CT molecular complexity index is 543. The van der Waals surface area contributed by atoms with E-state index in [1.807, 2.05) is 11.2 Å². The van der Waals surface area contributed by atoms with Gasteiger partial charge in [0.25, 0.3) is 5.91 Å². The molecule has 0 aliphatic carbocycles. The molecule has 1 aliphatic heterocycles. The Hall–Kier alpha value is -1.99. The number of carbonyl (C=O) groups excluding carboxylic acids is 2. The predicted octanol–water partition coefficient (Wildman–Crippen LogP) is -2.12. The number of likely N-dealkylation sites (N-methyl/N-ethyl adjacent to an activating group) is 1. The summed E-state index contributed by atoms with van der Waals surface area (Å²) in [4.78, 5) is 22.9. The first kappa shape index (κ1) is 19.1. The number of ether oxygens (including phenoxy) is 1. The highest BCUT2D eigenvalue weighted by Crippen LogP contribution is 2.33. The van der Waals surface area contributed by atoms with E-state index < -0.39 is 43.2 Å². The molecule has 0 aromatic heterocycles. The molecule has 1 rings (SSSR count). The molecule has 128 valence electrons. The van der Waals surface area contributed by atoms with Gasteiger partial charge in [0.05, 0.1) is 6.61 Å². The largest absolute Gasteiger partial charge is 0.394 e. The summed E-state index contributed by atoms with van der Waals surface area (Å²) in [5, 5.41) is 31.7. The molecular weight excluding hydrogens is 311 g/mol. The summed E-state index contributed by atoms with van der Waals surface area (Å²) < 4.78 is 17.7. The van der Waals surface area contributed by atoms with E-state index in [9.17, 15) is 29.3 Å². The van der Waals surface area contributed by atoms with Crippen molar-refractivity contribution in [1.82, 2.24) is 10.2 Å². The minimum absolute atomic E-state index is 0.215. The van der Waals surface area contributed by atoms with Crippen molar-refractivity contribution in [2.45, 2.75) is 31.0 Å². The fourth-order valence-electron chi connectivity index (χ4n) is 2.19. The van der Waals surface area contributed by atoms with Crippen LogP contribution in [0.1, 0.15) is 6.92 Å². The number of imide groups is 1. The number of nitrogens with one attached hydrogen (secondary N) is 1. The van der Waals surface area contributed by atoms with E-state index in [-0.39, 0.29) is 12.1 Å². The van der Waals surface area contributed by atoms with Crippen molar-refractivity contribution < 1.29 is 34.0 Å².